The van der Waals surface area contributed by atoms with E-state index in [0.29, 0.717) is 0 Å². The maximum atomic E-state index is 3.76. The van der Waals surface area contributed by atoms with Crippen molar-refractivity contribution in [1.29, 1.82) is 0 Å². The third kappa shape index (κ3) is 4.99. The Morgan fingerprint density at radius 1 is 1.14 bits per heavy atom. The molecule has 0 radical (unpaired) electrons. The summed E-state index contributed by atoms with van der Waals surface area (Å²) >= 11 is 0. The van der Waals surface area contributed by atoms with Crippen LogP contribution in [0.3, 0.4) is 0 Å². The van der Waals surface area contributed by atoms with Gasteiger partial charge < -0.3 is 5.32 Å². The molecule has 84 valence electrons. The van der Waals surface area contributed by atoms with Crippen LogP contribution in [0, 0.1) is 0 Å². The molecular weight excluding hydrogens is 170 g/mol. The smallest absolute Gasteiger partial charge is 0.00695 e. The first kappa shape index (κ1) is 12.0. The molecule has 1 atom stereocenters. The van der Waals surface area contributed by atoms with Crippen molar-refractivity contribution in [2.24, 2.45) is 0 Å². The quantitative estimate of drug-likeness (QED) is 0.611. The first-order valence-corrected chi connectivity index (χ1v) is 6.59. The van der Waals surface area contributed by atoms with Crippen LogP contribution in [0.4, 0.5) is 0 Å². The van der Waals surface area contributed by atoms with Crippen molar-refractivity contribution in [3.8, 4) is 0 Å². The van der Waals surface area contributed by atoms with Crippen LogP contribution in [0.1, 0.15) is 71.6 Å². The molecule has 1 rings (SSSR count). The van der Waals surface area contributed by atoms with Gasteiger partial charge in [0, 0.05) is 12.1 Å². The fraction of sp³-hybridized carbons (Fsp3) is 1.00. The van der Waals surface area contributed by atoms with Crippen LogP contribution in [0.15, 0.2) is 0 Å². The van der Waals surface area contributed by atoms with Gasteiger partial charge in [-0.1, -0.05) is 45.4 Å². The van der Waals surface area contributed by atoms with E-state index in [1.54, 1.807) is 0 Å². The first-order valence-electron chi connectivity index (χ1n) is 6.59. The van der Waals surface area contributed by atoms with Gasteiger partial charge in [0.25, 0.3) is 0 Å². The molecule has 0 aromatic rings. The predicted octanol–water partition coefficient (Wildman–Crippen LogP) is 3.88. The predicted molar refractivity (Wildman–Crippen MR) is 63.6 cm³/mol. The number of unbranched alkanes of at least 4 members (excludes halogenated alkanes) is 3. The third-order valence-corrected chi connectivity index (χ3v) is 3.37. The Hall–Kier alpha value is -0.0400. The summed E-state index contributed by atoms with van der Waals surface area (Å²) in [5.41, 5.74) is 0. The van der Waals surface area contributed by atoms with Crippen LogP contribution in [0.2, 0.25) is 0 Å². The van der Waals surface area contributed by atoms with Gasteiger partial charge in [0.1, 0.15) is 0 Å². The summed E-state index contributed by atoms with van der Waals surface area (Å²) in [6.45, 7) is 4.63. The van der Waals surface area contributed by atoms with E-state index in [4.69, 9.17) is 0 Å². The maximum absolute atomic E-state index is 3.76. The Morgan fingerprint density at radius 3 is 2.50 bits per heavy atom. The summed E-state index contributed by atoms with van der Waals surface area (Å²) in [5, 5.41) is 3.76. The van der Waals surface area contributed by atoms with Gasteiger partial charge in [-0.3, -0.25) is 0 Å². The summed E-state index contributed by atoms with van der Waals surface area (Å²) in [6, 6.07) is 1.59. The van der Waals surface area contributed by atoms with Crippen molar-refractivity contribution in [2.75, 3.05) is 0 Å². The van der Waals surface area contributed by atoms with E-state index in [9.17, 15) is 0 Å². The van der Waals surface area contributed by atoms with Crippen molar-refractivity contribution in [3.05, 3.63) is 0 Å². The molecule has 1 heteroatoms. The standard InChI is InChI=1S/C13H27N/c1-3-4-5-6-9-12(2)14-13-10-7-8-11-13/h12-14H,3-11H2,1-2H3. The lowest BCUT2D eigenvalue weighted by molar-refractivity contribution is 0.418. The molecule has 0 amide bonds. The minimum Gasteiger partial charge on any atom is -0.312 e. The van der Waals surface area contributed by atoms with Crippen molar-refractivity contribution in [2.45, 2.75) is 83.7 Å². The van der Waals surface area contributed by atoms with E-state index < -0.39 is 0 Å². The highest BCUT2D eigenvalue weighted by Gasteiger charge is 2.16. The normalized spacial score (nSPS) is 20.1. The lowest BCUT2D eigenvalue weighted by Gasteiger charge is -2.18. The highest BCUT2D eigenvalue weighted by molar-refractivity contribution is 4.76. The topological polar surface area (TPSA) is 12.0 Å². The van der Waals surface area contributed by atoms with E-state index in [2.05, 4.69) is 19.2 Å². The molecule has 1 fully saturated rings. The van der Waals surface area contributed by atoms with Crippen molar-refractivity contribution >= 4 is 0 Å². The molecule has 0 bridgehead atoms. The summed E-state index contributed by atoms with van der Waals surface area (Å²) < 4.78 is 0. The largest absolute Gasteiger partial charge is 0.312 e. The maximum Gasteiger partial charge on any atom is 0.00695 e. The molecule has 0 heterocycles. The fourth-order valence-corrected chi connectivity index (χ4v) is 2.46. The lowest BCUT2D eigenvalue weighted by Crippen LogP contribution is -2.34. The minimum absolute atomic E-state index is 0.745. The average molecular weight is 197 g/mol. The molecule has 1 unspecified atom stereocenters. The van der Waals surface area contributed by atoms with Gasteiger partial charge >= 0.3 is 0 Å². The monoisotopic (exact) mass is 197 g/mol. The zero-order valence-electron chi connectivity index (χ0n) is 10.0. The van der Waals surface area contributed by atoms with Crippen LogP contribution in [-0.2, 0) is 0 Å². The minimum atomic E-state index is 0.745. The molecule has 1 aliphatic carbocycles. The number of nitrogens with one attached hydrogen (secondary N) is 1. The second-order valence-corrected chi connectivity index (χ2v) is 4.90. The highest BCUT2D eigenvalue weighted by Crippen LogP contribution is 2.18. The van der Waals surface area contributed by atoms with E-state index in [-0.39, 0.29) is 0 Å². The van der Waals surface area contributed by atoms with E-state index >= 15 is 0 Å². The Balaban J connectivity index is 1.95. The van der Waals surface area contributed by atoms with Crippen LogP contribution >= 0.6 is 0 Å². The fourth-order valence-electron chi connectivity index (χ4n) is 2.46. The van der Waals surface area contributed by atoms with E-state index in [0.717, 1.165) is 12.1 Å². The average Bonchev–Trinajstić information content (AvgIpc) is 2.65. The summed E-state index contributed by atoms with van der Waals surface area (Å²) in [7, 11) is 0. The second-order valence-electron chi connectivity index (χ2n) is 4.90. The molecular formula is C13H27N. The van der Waals surface area contributed by atoms with Crippen LogP contribution < -0.4 is 5.32 Å². The molecule has 1 aliphatic rings. The molecule has 0 spiro atoms. The van der Waals surface area contributed by atoms with Crippen molar-refractivity contribution < 1.29 is 0 Å². The van der Waals surface area contributed by atoms with Crippen molar-refractivity contribution in [1.82, 2.24) is 5.32 Å². The molecule has 1 saturated carbocycles. The zero-order chi connectivity index (χ0) is 10.2. The molecule has 0 aromatic carbocycles. The third-order valence-electron chi connectivity index (χ3n) is 3.37. The molecule has 0 saturated heterocycles. The van der Waals surface area contributed by atoms with Crippen LogP contribution in [-0.4, -0.2) is 12.1 Å². The number of rotatable bonds is 7. The molecule has 1 nitrogen and oxygen atoms in total. The number of hydrogen-bond acceptors (Lipinski definition) is 1. The van der Waals surface area contributed by atoms with Crippen LogP contribution in [0.5, 0.6) is 0 Å². The van der Waals surface area contributed by atoms with Gasteiger partial charge in [-0.15, -0.1) is 0 Å². The molecule has 0 aliphatic heterocycles. The van der Waals surface area contributed by atoms with Gasteiger partial charge in [-0.25, -0.2) is 0 Å². The lowest BCUT2D eigenvalue weighted by atomic mass is 10.1. The Bertz CT molecular complexity index is 127. The number of hydrogen-bond donors (Lipinski definition) is 1. The van der Waals surface area contributed by atoms with E-state index in [1.807, 2.05) is 0 Å². The Labute approximate surface area is 89.7 Å². The van der Waals surface area contributed by atoms with E-state index in [1.165, 1.54) is 57.8 Å². The first-order chi connectivity index (χ1) is 6.83. The van der Waals surface area contributed by atoms with Gasteiger partial charge in [0.05, 0.1) is 0 Å². The van der Waals surface area contributed by atoms with Gasteiger partial charge in [-0.05, 0) is 26.2 Å². The Kier molecular flexibility index (Phi) is 6.25. The van der Waals surface area contributed by atoms with Gasteiger partial charge in [-0.2, -0.15) is 0 Å². The molecule has 0 aromatic heterocycles. The van der Waals surface area contributed by atoms with Gasteiger partial charge in [0.15, 0.2) is 0 Å². The summed E-state index contributed by atoms with van der Waals surface area (Å²) in [6.07, 6.45) is 12.7. The molecule has 1 N–H and O–H groups in total. The van der Waals surface area contributed by atoms with Crippen molar-refractivity contribution in [3.63, 3.8) is 0 Å². The second kappa shape index (κ2) is 7.28. The SMILES string of the molecule is CCCCCCC(C)NC1CCCC1. The Morgan fingerprint density at radius 2 is 1.86 bits per heavy atom. The zero-order valence-corrected chi connectivity index (χ0v) is 10.0. The van der Waals surface area contributed by atoms with Gasteiger partial charge in [0.2, 0.25) is 0 Å². The van der Waals surface area contributed by atoms with Crippen LogP contribution in [0.25, 0.3) is 0 Å². The summed E-state index contributed by atoms with van der Waals surface area (Å²) in [4.78, 5) is 0. The highest BCUT2D eigenvalue weighted by atomic mass is 14.9. The molecule has 14 heavy (non-hydrogen) atoms. The summed E-state index contributed by atoms with van der Waals surface area (Å²) in [5.74, 6) is 0.